The van der Waals surface area contributed by atoms with Gasteiger partial charge in [-0.25, -0.2) is 9.59 Å². The largest absolute Gasteiger partial charge is 0.444 e. The number of esters is 1. The van der Waals surface area contributed by atoms with Crippen molar-refractivity contribution in [1.82, 2.24) is 10.6 Å². The second-order valence-corrected chi connectivity index (χ2v) is 8.85. The third kappa shape index (κ3) is 8.24. The molecule has 31 heavy (non-hydrogen) atoms. The van der Waals surface area contributed by atoms with Crippen LogP contribution in [0.3, 0.4) is 0 Å². The number of hydrogen-bond acceptors (Lipinski definition) is 9. The number of amides is 2. The molecule has 0 aromatic rings. The summed E-state index contributed by atoms with van der Waals surface area (Å²) in [7, 11) is 0. The van der Waals surface area contributed by atoms with E-state index in [1.165, 1.54) is 0 Å². The number of carbonyl (C=O) groups is 3. The SMILES string of the molecule is CCCC(=O)N[C@H]1C(OC(=O)C(NC(=O)OC(C)(C)C)C(C)C)O[C@H](CO)[C@@H](O)[C@@H]1O. The van der Waals surface area contributed by atoms with E-state index < -0.39 is 66.9 Å². The minimum absolute atomic E-state index is 0.151. The lowest BCUT2D eigenvalue weighted by molar-refractivity contribution is -0.264. The fraction of sp³-hybridized carbons (Fsp3) is 0.850. The fourth-order valence-corrected chi connectivity index (χ4v) is 2.94. The van der Waals surface area contributed by atoms with Crippen LogP contribution in [0.4, 0.5) is 4.79 Å². The Labute approximate surface area is 182 Å². The van der Waals surface area contributed by atoms with E-state index in [0.717, 1.165) is 0 Å². The lowest BCUT2D eigenvalue weighted by atomic mass is 9.96. The second kappa shape index (κ2) is 11.6. The Morgan fingerprint density at radius 3 is 2.23 bits per heavy atom. The molecule has 1 fully saturated rings. The van der Waals surface area contributed by atoms with Crippen LogP contribution >= 0.6 is 0 Å². The average Bonchev–Trinajstić information content (AvgIpc) is 2.64. The molecule has 1 rings (SSSR count). The maximum Gasteiger partial charge on any atom is 0.408 e. The van der Waals surface area contributed by atoms with Crippen molar-refractivity contribution in [3.8, 4) is 0 Å². The third-order valence-electron chi connectivity index (χ3n) is 4.51. The molecule has 2 unspecified atom stereocenters. The van der Waals surface area contributed by atoms with Gasteiger partial charge in [0, 0.05) is 6.42 Å². The van der Waals surface area contributed by atoms with Gasteiger partial charge in [-0.1, -0.05) is 20.8 Å². The first-order valence-electron chi connectivity index (χ1n) is 10.4. The van der Waals surface area contributed by atoms with Gasteiger partial charge in [0.05, 0.1) is 6.61 Å². The fourth-order valence-electron chi connectivity index (χ4n) is 2.94. The smallest absolute Gasteiger partial charge is 0.408 e. The van der Waals surface area contributed by atoms with E-state index in [1.54, 1.807) is 41.5 Å². The zero-order chi connectivity index (χ0) is 23.9. The van der Waals surface area contributed by atoms with Gasteiger partial charge in [-0.05, 0) is 33.1 Å². The molecule has 1 heterocycles. The predicted molar refractivity (Wildman–Crippen MR) is 109 cm³/mol. The molecule has 2 amide bonds. The van der Waals surface area contributed by atoms with Gasteiger partial charge in [-0.2, -0.15) is 0 Å². The first-order chi connectivity index (χ1) is 14.3. The summed E-state index contributed by atoms with van der Waals surface area (Å²) in [6.07, 6.45) is -5.92. The number of nitrogens with one attached hydrogen (secondary N) is 2. The molecule has 0 aliphatic carbocycles. The Morgan fingerprint density at radius 1 is 1.13 bits per heavy atom. The first kappa shape index (κ1) is 27.1. The van der Waals surface area contributed by atoms with Gasteiger partial charge in [0.2, 0.25) is 12.2 Å². The Hall–Kier alpha value is -1.95. The summed E-state index contributed by atoms with van der Waals surface area (Å²) in [6, 6.07) is -2.38. The van der Waals surface area contributed by atoms with Gasteiger partial charge in [0.15, 0.2) is 0 Å². The van der Waals surface area contributed by atoms with Crippen LogP contribution in [0.1, 0.15) is 54.4 Å². The summed E-state index contributed by atoms with van der Waals surface area (Å²) in [5.74, 6) is -1.71. The number of carbonyl (C=O) groups excluding carboxylic acids is 3. The topological polar surface area (TPSA) is 164 Å². The van der Waals surface area contributed by atoms with Crippen molar-refractivity contribution in [2.75, 3.05) is 6.61 Å². The number of aliphatic hydroxyl groups is 3. The molecule has 0 saturated carbocycles. The second-order valence-electron chi connectivity index (χ2n) is 8.85. The maximum absolute atomic E-state index is 12.8. The zero-order valence-electron chi connectivity index (χ0n) is 19.0. The van der Waals surface area contributed by atoms with Crippen molar-refractivity contribution in [2.24, 2.45) is 5.92 Å². The van der Waals surface area contributed by atoms with Crippen LogP contribution in [0.25, 0.3) is 0 Å². The number of aliphatic hydroxyl groups excluding tert-OH is 3. The summed E-state index contributed by atoms with van der Waals surface area (Å²) in [4.78, 5) is 37.0. The van der Waals surface area contributed by atoms with E-state index in [2.05, 4.69) is 10.6 Å². The summed E-state index contributed by atoms with van der Waals surface area (Å²) >= 11 is 0. The van der Waals surface area contributed by atoms with Crippen LogP contribution in [0, 0.1) is 5.92 Å². The van der Waals surface area contributed by atoms with Crippen LogP contribution in [0.5, 0.6) is 0 Å². The van der Waals surface area contributed by atoms with Crippen molar-refractivity contribution < 1.29 is 43.9 Å². The highest BCUT2D eigenvalue weighted by atomic mass is 16.7. The van der Waals surface area contributed by atoms with E-state index in [0.29, 0.717) is 6.42 Å². The van der Waals surface area contributed by atoms with Gasteiger partial charge >= 0.3 is 12.1 Å². The van der Waals surface area contributed by atoms with Gasteiger partial charge in [-0.15, -0.1) is 0 Å². The van der Waals surface area contributed by atoms with Crippen LogP contribution in [-0.4, -0.2) is 82.2 Å². The zero-order valence-corrected chi connectivity index (χ0v) is 19.0. The molecule has 1 saturated heterocycles. The van der Waals surface area contributed by atoms with Gasteiger partial charge in [-0.3, -0.25) is 4.79 Å². The summed E-state index contributed by atoms with van der Waals surface area (Å²) in [5.41, 5.74) is -0.773. The molecule has 1 aliphatic heterocycles. The quantitative estimate of drug-likeness (QED) is 0.316. The monoisotopic (exact) mass is 448 g/mol. The van der Waals surface area contributed by atoms with Crippen molar-refractivity contribution in [2.45, 2.75) is 96.7 Å². The van der Waals surface area contributed by atoms with E-state index in [1.807, 2.05) is 0 Å². The average molecular weight is 449 g/mol. The number of alkyl carbamates (subject to hydrolysis) is 1. The van der Waals surface area contributed by atoms with E-state index in [-0.39, 0.29) is 12.3 Å². The van der Waals surface area contributed by atoms with Crippen molar-refractivity contribution in [3.63, 3.8) is 0 Å². The molecule has 0 aromatic carbocycles. The minimum Gasteiger partial charge on any atom is -0.444 e. The predicted octanol–water partition coefficient (Wildman–Crippen LogP) is -0.197. The maximum atomic E-state index is 12.8. The normalized spacial score (nSPS) is 27.4. The van der Waals surface area contributed by atoms with Crippen molar-refractivity contribution in [1.29, 1.82) is 0 Å². The molecule has 0 radical (unpaired) electrons. The van der Waals surface area contributed by atoms with E-state index in [4.69, 9.17) is 14.2 Å². The van der Waals surface area contributed by atoms with Crippen LogP contribution in [0.15, 0.2) is 0 Å². The van der Waals surface area contributed by atoms with E-state index in [9.17, 15) is 29.7 Å². The lowest BCUT2D eigenvalue weighted by Crippen LogP contribution is -2.65. The van der Waals surface area contributed by atoms with Crippen LogP contribution < -0.4 is 10.6 Å². The van der Waals surface area contributed by atoms with Gasteiger partial charge in [0.25, 0.3) is 0 Å². The van der Waals surface area contributed by atoms with Gasteiger partial charge < -0.3 is 40.2 Å². The Kier molecular flexibility index (Phi) is 10.1. The first-order valence-corrected chi connectivity index (χ1v) is 10.4. The molecule has 11 heteroatoms. The summed E-state index contributed by atoms with van der Waals surface area (Å²) < 4.78 is 16.0. The Morgan fingerprint density at radius 2 is 1.74 bits per heavy atom. The molecular formula is C20H36N2O9. The standard InChI is InChI=1S/C20H36N2O9/c1-7-8-12(24)21-14-16(26)15(25)11(9-23)29-18(14)30-17(27)13(10(2)3)22-19(28)31-20(4,5)6/h10-11,13-16,18,23,25-26H,7-9H2,1-6H3,(H,21,24)(H,22,28)/t11-,13?,14-,15-,16-,18?/m1/s1. The highest BCUT2D eigenvalue weighted by Gasteiger charge is 2.47. The Bertz CT molecular complexity index is 620. The number of hydrogen-bond donors (Lipinski definition) is 5. The van der Waals surface area contributed by atoms with E-state index >= 15 is 0 Å². The molecular weight excluding hydrogens is 412 g/mol. The van der Waals surface area contributed by atoms with Crippen molar-refractivity contribution in [3.05, 3.63) is 0 Å². The van der Waals surface area contributed by atoms with Crippen molar-refractivity contribution >= 4 is 18.0 Å². The molecule has 6 atom stereocenters. The third-order valence-corrected chi connectivity index (χ3v) is 4.51. The minimum atomic E-state index is -1.55. The van der Waals surface area contributed by atoms with Gasteiger partial charge in [0.1, 0.15) is 36.0 Å². The van der Waals surface area contributed by atoms with Crippen LogP contribution in [-0.2, 0) is 23.8 Å². The number of rotatable bonds is 8. The number of ether oxygens (including phenoxy) is 3. The molecule has 0 spiro atoms. The highest BCUT2D eigenvalue weighted by molar-refractivity contribution is 5.82. The highest BCUT2D eigenvalue weighted by Crippen LogP contribution is 2.23. The molecule has 1 aliphatic rings. The molecule has 5 N–H and O–H groups in total. The molecule has 0 bridgehead atoms. The molecule has 11 nitrogen and oxygen atoms in total. The van der Waals surface area contributed by atoms with Crippen LogP contribution in [0.2, 0.25) is 0 Å². The summed E-state index contributed by atoms with van der Waals surface area (Å²) in [6.45, 7) is 9.54. The lowest BCUT2D eigenvalue weighted by Gasteiger charge is -2.42. The summed E-state index contributed by atoms with van der Waals surface area (Å²) in [5, 5.41) is 34.9. The Balaban J connectivity index is 3.00. The molecule has 180 valence electrons. The molecule has 0 aromatic heterocycles.